The smallest absolute Gasteiger partial charge is 0.0907 e. The number of nitrogens with zero attached hydrogens (tertiary/aromatic N) is 3. The first-order chi connectivity index (χ1) is 7.45. The Bertz CT molecular complexity index is 462. The number of piperidine rings is 1. The van der Waals surface area contributed by atoms with Crippen LogP contribution in [0.3, 0.4) is 0 Å². The Balaban J connectivity index is 0.000000963. The van der Waals surface area contributed by atoms with E-state index in [4.69, 9.17) is 0 Å². The van der Waals surface area contributed by atoms with Crippen molar-refractivity contribution in [2.75, 3.05) is 13.1 Å². The third kappa shape index (κ3) is 1.90. The van der Waals surface area contributed by atoms with Crippen LogP contribution in [0.25, 0.3) is 5.52 Å². The van der Waals surface area contributed by atoms with Gasteiger partial charge in [0.05, 0.1) is 11.7 Å². The maximum atomic E-state index is 4.28. The van der Waals surface area contributed by atoms with Crippen molar-refractivity contribution in [3.8, 4) is 0 Å². The lowest BCUT2D eigenvalue weighted by molar-refractivity contribution is 0.462. The van der Waals surface area contributed by atoms with Crippen LogP contribution in [0.1, 0.15) is 24.3 Å². The topological polar surface area (TPSA) is 42.2 Å². The lowest BCUT2D eigenvalue weighted by Gasteiger charge is -2.21. The highest BCUT2D eigenvalue weighted by atomic mass is 35.5. The molecular formula is C11H15ClN4. The molecule has 0 aromatic carbocycles. The molecule has 1 fully saturated rings. The average molecular weight is 239 g/mol. The van der Waals surface area contributed by atoms with Crippen LogP contribution in [-0.2, 0) is 0 Å². The van der Waals surface area contributed by atoms with Crippen LogP contribution in [-0.4, -0.2) is 27.9 Å². The first-order valence-corrected chi connectivity index (χ1v) is 5.45. The molecule has 1 aliphatic rings. The van der Waals surface area contributed by atoms with Gasteiger partial charge in [-0.15, -0.1) is 12.4 Å². The molecule has 1 N–H and O–H groups in total. The minimum atomic E-state index is 0. The second-order valence-electron chi connectivity index (χ2n) is 4.02. The van der Waals surface area contributed by atoms with Gasteiger partial charge in [0.1, 0.15) is 0 Å². The van der Waals surface area contributed by atoms with Crippen molar-refractivity contribution in [1.29, 1.82) is 0 Å². The average Bonchev–Trinajstić information content (AvgIpc) is 2.74. The Kier molecular flexibility index (Phi) is 3.41. The third-order valence-corrected chi connectivity index (χ3v) is 3.11. The van der Waals surface area contributed by atoms with Crippen molar-refractivity contribution in [2.24, 2.45) is 0 Å². The molecule has 0 bridgehead atoms. The Morgan fingerprint density at radius 2 is 2.06 bits per heavy atom. The monoisotopic (exact) mass is 238 g/mol. The maximum Gasteiger partial charge on any atom is 0.0907 e. The summed E-state index contributed by atoms with van der Waals surface area (Å²) in [7, 11) is 0. The van der Waals surface area contributed by atoms with E-state index in [1.165, 1.54) is 18.4 Å². The maximum absolute atomic E-state index is 4.28. The molecule has 0 amide bonds. The minimum Gasteiger partial charge on any atom is -0.317 e. The molecule has 0 saturated carbocycles. The molecule has 0 atom stereocenters. The highest BCUT2D eigenvalue weighted by Crippen LogP contribution is 2.27. The Hall–Kier alpha value is -1.13. The van der Waals surface area contributed by atoms with E-state index in [-0.39, 0.29) is 12.4 Å². The molecule has 1 aliphatic heterocycles. The van der Waals surface area contributed by atoms with Crippen molar-refractivity contribution >= 4 is 17.9 Å². The van der Waals surface area contributed by atoms with Gasteiger partial charge >= 0.3 is 0 Å². The second kappa shape index (κ2) is 4.80. The summed E-state index contributed by atoms with van der Waals surface area (Å²) < 4.78 is 1.72. The number of rotatable bonds is 1. The molecule has 2 aromatic rings. The van der Waals surface area contributed by atoms with Gasteiger partial charge in [0.25, 0.3) is 0 Å². The second-order valence-corrected chi connectivity index (χ2v) is 4.02. The molecule has 16 heavy (non-hydrogen) atoms. The number of halogens is 1. The zero-order valence-corrected chi connectivity index (χ0v) is 9.78. The van der Waals surface area contributed by atoms with Gasteiger partial charge < -0.3 is 5.32 Å². The van der Waals surface area contributed by atoms with E-state index in [1.807, 2.05) is 12.3 Å². The lowest BCUT2D eigenvalue weighted by atomic mass is 9.91. The zero-order valence-electron chi connectivity index (χ0n) is 8.97. The number of aromatic nitrogens is 3. The molecule has 2 aromatic heterocycles. The molecule has 0 radical (unpaired) electrons. The van der Waals surface area contributed by atoms with Gasteiger partial charge in [0.2, 0.25) is 0 Å². The van der Waals surface area contributed by atoms with E-state index in [0.29, 0.717) is 5.92 Å². The Morgan fingerprint density at radius 1 is 1.25 bits per heavy atom. The standard InChI is InChI=1S/C11H14N4.ClH/c1-2-11-10(8-14-15(11)13-5-1)9-3-6-12-7-4-9;/h1-2,5,8-9,12H,3-4,6-7H2;1H. The fourth-order valence-electron chi connectivity index (χ4n) is 2.30. The molecule has 0 aliphatic carbocycles. The highest BCUT2D eigenvalue weighted by molar-refractivity contribution is 5.85. The molecular weight excluding hydrogens is 224 g/mol. The van der Waals surface area contributed by atoms with Crippen molar-refractivity contribution in [3.63, 3.8) is 0 Å². The Morgan fingerprint density at radius 3 is 2.88 bits per heavy atom. The van der Waals surface area contributed by atoms with Gasteiger partial charge in [0, 0.05) is 11.8 Å². The van der Waals surface area contributed by atoms with Gasteiger partial charge in [-0.25, -0.2) is 0 Å². The van der Waals surface area contributed by atoms with E-state index in [0.717, 1.165) is 18.6 Å². The predicted molar refractivity (Wildman–Crippen MR) is 65.1 cm³/mol. The van der Waals surface area contributed by atoms with E-state index in [2.05, 4.69) is 21.6 Å². The number of fused-ring (bicyclic) bond motifs is 1. The van der Waals surface area contributed by atoms with Crippen LogP contribution in [0, 0.1) is 0 Å². The van der Waals surface area contributed by atoms with Crippen LogP contribution >= 0.6 is 12.4 Å². The van der Waals surface area contributed by atoms with Crippen molar-refractivity contribution in [3.05, 3.63) is 30.1 Å². The molecule has 4 nitrogen and oxygen atoms in total. The van der Waals surface area contributed by atoms with Crippen LogP contribution in [0.5, 0.6) is 0 Å². The van der Waals surface area contributed by atoms with Crippen LogP contribution in [0.15, 0.2) is 24.5 Å². The van der Waals surface area contributed by atoms with Gasteiger partial charge in [-0.3, -0.25) is 0 Å². The first kappa shape index (κ1) is 11.4. The third-order valence-electron chi connectivity index (χ3n) is 3.11. The van der Waals surface area contributed by atoms with Gasteiger partial charge in [-0.05, 0) is 44.0 Å². The van der Waals surface area contributed by atoms with Crippen LogP contribution < -0.4 is 5.32 Å². The van der Waals surface area contributed by atoms with Crippen molar-refractivity contribution in [1.82, 2.24) is 20.1 Å². The SMILES string of the molecule is Cl.c1cnn2ncc(C3CCNCC3)c2c1. The molecule has 0 unspecified atom stereocenters. The minimum absolute atomic E-state index is 0. The summed E-state index contributed by atoms with van der Waals surface area (Å²) in [5.74, 6) is 0.646. The zero-order chi connectivity index (χ0) is 10.1. The molecule has 0 spiro atoms. The molecule has 86 valence electrons. The molecule has 3 rings (SSSR count). The molecule has 5 heteroatoms. The fourth-order valence-corrected chi connectivity index (χ4v) is 2.30. The summed E-state index contributed by atoms with van der Waals surface area (Å²) in [4.78, 5) is 0. The summed E-state index contributed by atoms with van der Waals surface area (Å²) in [6.07, 6.45) is 6.15. The van der Waals surface area contributed by atoms with Crippen LogP contribution in [0.2, 0.25) is 0 Å². The highest BCUT2D eigenvalue weighted by Gasteiger charge is 2.18. The lowest BCUT2D eigenvalue weighted by Crippen LogP contribution is -2.26. The molecule has 3 heterocycles. The summed E-state index contributed by atoms with van der Waals surface area (Å²) >= 11 is 0. The van der Waals surface area contributed by atoms with Gasteiger partial charge in [0.15, 0.2) is 0 Å². The normalized spacial score (nSPS) is 17.2. The Labute approximate surface area is 100 Å². The number of hydrogen-bond donors (Lipinski definition) is 1. The molecule has 1 saturated heterocycles. The van der Waals surface area contributed by atoms with E-state index in [9.17, 15) is 0 Å². The predicted octanol–water partition coefficient (Wildman–Crippen LogP) is 1.62. The van der Waals surface area contributed by atoms with Gasteiger partial charge in [-0.1, -0.05) is 0 Å². The fraction of sp³-hybridized carbons (Fsp3) is 0.455. The summed E-state index contributed by atoms with van der Waals surface area (Å²) in [6, 6.07) is 4.07. The van der Waals surface area contributed by atoms with Crippen molar-refractivity contribution < 1.29 is 0 Å². The van der Waals surface area contributed by atoms with E-state index >= 15 is 0 Å². The van der Waals surface area contributed by atoms with E-state index in [1.54, 1.807) is 10.8 Å². The largest absolute Gasteiger partial charge is 0.317 e. The first-order valence-electron chi connectivity index (χ1n) is 5.45. The quantitative estimate of drug-likeness (QED) is 0.821. The van der Waals surface area contributed by atoms with Crippen LogP contribution in [0.4, 0.5) is 0 Å². The number of nitrogens with one attached hydrogen (secondary N) is 1. The number of hydrogen-bond acceptors (Lipinski definition) is 3. The summed E-state index contributed by atoms with van der Waals surface area (Å²) in [5, 5.41) is 11.8. The summed E-state index contributed by atoms with van der Waals surface area (Å²) in [5.41, 5.74) is 2.51. The summed E-state index contributed by atoms with van der Waals surface area (Å²) in [6.45, 7) is 2.23. The van der Waals surface area contributed by atoms with Crippen molar-refractivity contribution in [2.45, 2.75) is 18.8 Å². The van der Waals surface area contributed by atoms with Gasteiger partial charge in [-0.2, -0.15) is 14.8 Å². The van der Waals surface area contributed by atoms with E-state index < -0.39 is 0 Å².